The summed E-state index contributed by atoms with van der Waals surface area (Å²) in [7, 11) is 0. The van der Waals surface area contributed by atoms with E-state index in [0.717, 1.165) is 5.56 Å². The van der Waals surface area contributed by atoms with Crippen molar-refractivity contribution in [3.63, 3.8) is 0 Å². The second-order valence-electron chi connectivity index (χ2n) is 6.57. The lowest BCUT2D eigenvalue weighted by Gasteiger charge is -2.21. The van der Waals surface area contributed by atoms with E-state index in [1.807, 2.05) is 32.9 Å². The predicted molar refractivity (Wildman–Crippen MR) is 88.9 cm³/mol. The molecule has 3 rings (SSSR count). The van der Waals surface area contributed by atoms with Gasteiger partial charge in [-0.2, -0.15) is 0 Å². The van der Waals surface area contributed by atoms with Crippen LogP contribution in [-0.4, -0.2) is 26.2 Å². The third-order valence-electron chi connectivity index (χ3n) is 3.83. The summed E-state index contributed by atoms with van der Waals surface area (Å²) in [6.07, 6.45) is 0. The van der Waals surface area contributed by atoms with Crippen LogP contribution < -0.4 is 0 Å². The number of carbonyl (C=O) groups is 1. The fourth-order valence-corrected chi connectivity index (χ4v) is 2.61. The summed E-state index contributed by atoms with van der Waals surface area (Å²) in [6.45, 7) is 6.09. The maximum absolute atomic E-state index is 11.1. The largest absolute Gasteiger partial charge is 0.507 e. The molecule has 23 heavy (non-hydrogen) atoms. The summed E-state index contributed by atoms with van der Waals surface area (Å²) >= 11 is 0. The molecule has 1 aromatic heterocycles. The Morgan fingerprint density at radius 3 is 2.57 bits per heavy atom. The number of hydrogen-bond acceptors (Lipinski definition) is 3. The number of H-pyrrole nitrogens is 1. The molecule has 0 amide bonds. The lowest BCUT2D eigenvalue weighted by Crippen LogP contribution is -2.11. The molecule has 3 N–H and O–H groups in total. The summed E-state index contributed by atoms with van der Waals surface area (Å²) < 4.78 is 0. The van der Waals surface area contributed by atoms with Gasteiger partial charge in [-0.1, -0.05) is 32.9 Å². The number of aromatic carboxylic acids is 1. The molecule has 1 heterocycles. The number of para-hydroxylation sites is 1. The van der Waals surface area contributed by atoms with Crippen LogP contribution in [0.25, 0.3) is 22.4 Å². The van der Waals surface area contributed by atoms with Crippen LogP contribution in [0.5, 0.6) is 5.75 Å². The summed E-state index contributed by atoms with van der Waals surface area (Å²) in [5, 5.41) is 19.7. The fraction of sp³-hybridized carbons (Fsp3) is 0.222. The number of aromatic hydroxyl groups is 1. The first-order chi connectivity index (χ1) is 10.8. The molecule has 5 heteroatoms. The van der Waals surface area contributed by atoms with E-state index in [9.17, 15) is 9.90 Å². The number of carboxylic acid groups (broad SMARTS) is 1. The number of nitrogens with zero attached hydrogens (tertiary/aromatic N) is 1. The van der Waals surface area contributed by atoms with Crippen molar-refractivity contribution in [3.05, 3.63) is 47.5 Å². The van der Waals surface area contributed by atoms with E-state index in [1.165, 1.54) is 6.07 Å². The molecule has 0 aliphatic rings. The number of benzene rings is 2. The maximum atomic E-state index is 11.1. The molecular weight excluding hydrogens is 292 g/mol. The van der Waals surface area contributed by atoms with E-state index >= 15 is 0 Å². The minimum absolute atomic E-state index is 0.192. The molecule has 0 fully saturated rings. The van der Waals surface area contributed by atoms with Crippen molar-refractivity contribution in [2.24, 2.45) is 0 Å². The molecule has 0 atom stereocenters. The average molecular weight is 310 g/mol. The predicted octanol–water partition coefficient (Wildman–Crippen LogP) is 3.93. The normalized spacial score (nSPS) is 11.8. The summed E-state index contributed by atoms with van der Waals surface area (Å²) in [6, 6.07) is 10.3. The Bertz CT molecular complexity index is 904. The number of rotatable bonds is 2. The van der Waals surface area contributed by atoms with E-state index in [0.29, 0.717) is 22.4 Å². The summed E-state index contributed by atoms with van der Waals surface area (Å²) in [5.41, 5.74) is 2.72. The van der Waals surface area contributed by atoms with Crippen molar-refractivity contribution >= 4 is 17.0 Å². The van der Waals surface area contributed by atoms with Gasteiger partial charge < -0.3 is 15.2 Å². The standard InChI is InChI=1S/C18H18N2O3/c1-18(2,3)12-6-4-5-11(15(12)21)16-19-13-8-7-10(17(22)23)9-14(13)20-16/h4-9,21H,1-3H3,(H,19,20)(H,22,23). The van der Waals surface area contributed by atoms with E-state index in [2.05, 4.69) is 9.97 Å². The van der Waals surface area contributed by atoms with Gasteiger partial charge in [-0.25, -0.2) is 9.78 Å². The first kappa shape index (κ1) is 15.1. The zero-order valence-corrected chi connectivity index (χ0v) is 13.2. The zero-order chi connectivity index (χ0) is 16.8. The van der Waals surface area contributed by atoms with Crippen molar-refractivity contribution in [2.45, 2.75) is 26.2 Å². The maximum Gasteiger partial charge on any atom is 0.335 e. The van der Waals surface area contributed by atoms with Crippen LogP contribution in [0.2, 0.25) is 0 Å². The van der Waals surface area contributed by atoms with Gasteiger partial charge in [-0.15, -0.1) is 0 Å². The smallest absolute Gasteiger partial charge is 0.335 e. The van der Waals surface area contributed by atoms with Gasteiger partial charge in [0.1, 0.15) is 11.6 Å². The number of carboxylic acids is 1. The molecule has 2 aromatic carbocycles. The average Bonchev–Trinajstić information content (AvgIpc) is 2.88. The highest BCUT2D eigenvalue weighted by atomic mass is 16.4. The topological polar surface area (TPSA) is 86.2 Å². The van der Waals surface area contributed by atoms with Gasteiger partial charge in [0.15, 0.2) is 0 Å². The van der Waals surface area contributed by atoms with Gasteiger partial charge >= 0.3 is 5.97 Å². The first-order valence-electron chi connectivity index (χ1n) is 7.33. The lowest BCUT2D eigenvalue weighted by molar-refractivity contribution is 0.0697. The Labute approximate surface area is 133 Å². The monoisotopic (exact) mass is 310 g/mol. The molecule has 3 aromatic rings. The van der Waals surface area contributed by atoms with Crippen molar-refractivity contribution in [3.8, 4) is 17.1 Å². The Kier molecular flexibility index (Phi) is 3.36. The molecule has 5 nitrogen and oxygen atoms in total. The van der Waals surface area contributed by atoms with E-state index < -0.39 is 5.97 Å². The van der Waals surface area contributed by atoms with Crippen LogP contribution in [0.3, 0.4) is 0 Å². The number of aromatic amines is 1. The van der Waals surface area contributed by atoms with Crippen molar-refractivity contribution in [2.75, 3.05) is 0 Å². The number of phenols is 1. The van der Waals surface area contributed by atoms with E-state index in [4.69, 9.17) is 5.11 Å². The van der Waals surface area contributed by atoms with E-state index in [1.54, 1.807) is 18.2 Å². The van der Waals surface area contributed by atoms with Crippen molar-refractivity contribution < 1.29 is 15.0 Å². The summed E-state index contributed by atoms with van der Waals surface area (Å²) in [5.74, 6) is -0.274. The van der Waals surface area contributed by atoms with Crippen LogP contribution in [0.4, 0.5) is 0 Å². The molecular formula is C18H18N2O3. The molecule has 0 unspecified atom stereocenters. The number of fused-ring (bicyclic) bond motifs is 1. The summed E-state index contributed by atoms with van der Waals surface area (Å²) in [4.78, 5) is 18.6. The number of nitrogens with one attached hydrogen (secondary N) is 1. The molecule has 0 spiro atoms. The number of aromatic nitrogens is 2. The second kappa shape index (κ2) is 5.12. The minimum atomic E-state index is -0.986. The SMILES string of the molecule is CC(C)(C)c1cccc(-c2nc3ccc(C(=O)O)cc3[nH]2)c1O. The van der Waals surface area contributed by atoms with Crippen LogP contribution in [-0.2, 0) is 5.41 Å². The number of imidazole rings is 1. The first-order valence-corrected chi connectivity index (χ1v) is 7.33. The van der Waals surface area contributed by atoms with Gasteiger partial charge in [0.2, 0.25) is 0 Å². The molecule has 0 bridgehead atoms. The third kappa shape index (κ3) is 2.65. The van der Waals surface area contributed by atoms with Gasteiger partial charge in [0, 0.05) is 0 Å². The van der Waals surface area contributed by atoms with Crippen molar-refractivity contribution in [1.82, 2.24) is 9.97 Å². The molecule has 0 aliphatic carbocycles. The Morgan fingerprint density at radius 2 is 1.91 bits per heavy atom. The highest BCUT2D eigenvalue weighted by Crippen LogP contribution is 2.37. The van der Waals surface area contributed by atoms with Gasteiger partial charge in [0.25, 0.3) is 0 Å². The third-order valence-corrected chi connectivity index (χ3v) is 3.83. The lowest BCUT2D eigenvalue weighted by atomic mass is 9.85. The Morgan fingerprint density at radius 1 is 1.17 bits per heavy atom. The highest BCUT2D eigenvalue weighted by molar-refractivity contribution is 5.93. The fourth-order valence-electron chi connectivity index (χ4n) is 2.61. The molecule has 0 saturated heterocycles. The quantitative estimate of drug-likeness (QED) is 0.669. The highest BCUT2D eigenvalue weighted by Gasteiger charge is 2.21. The van der Waals surface area contributed by atoms with Crippen molar-refractivity contribution in [1.29, 1.82) is 0 Å². The molecule has 0 aliphatic heterocycles. The Balaban J connectivity index is 2.16. The van der Waals surface area contributed by atoms with E-state index in [-0.39, 0.29) is 16.7 Å². The second-order valence-corrected chi connectivity index (χ2v) is 6.57. The van der Waals surface area contributed by atoms with Gasteiger partial charge in [-0.05, 0) is 35.2 Å². The molecule has 118 valence electrons. The van der Waals surface area contributed by atoms with Crippen LogP contribution in [0, 0.1) is 0 Å². The number of phenolic OH excluding ortho intramolecular Hbond substituents is 1. The van der Waals surface area contributed by atoms with Gasteiger partial charge in [0.05, 0.1) is 22.2 Å². The van der Waals surface area contributed by atoms with Gasteiger partial charge in [-0.3, -0.25) is 0 Å². The van der Waals surface area contributed by atoms with Crippen LogP contribution >= 0.6 is 0 Å². The number of hydrogen-bond donors (Lipinski definition) is 3. The van der Waals surface area contributed by atoms with Crippen LogP contribution in [0.15, 0.2) is 36.4 Å². The molecule has 0 radical (unpaired) electrons. The van der Waals surface area contributed by atoms with Crippen LogP contribution in [0.1, 0.15) is 36.7 Å². The Hall–Kier alpha value is -2.82. The minimum Gasteiger partial charge on any atom is -0.507 e. The molecule has 0 saturated carbocycles. The zero-order valence-electron chi connectivity index (χ0n) is 13.2.